The van der Waals surface area contributed by atoms with Gasteiger partial charge in [0.05, 0.1) is 18.4 Å². The first-order valence-electron chi connectivity index (χ1n) is 8.70. The van der Waals surface area contributed by atoms with E-state index in [-0.39, 0.29) is 23.6 Å². The van der Waals surface area contributed by atoms with Crippen molar-refractivity contribution in [2.45, 2.75) is 12.5 Å². The van der Waals surface area contributed by atoms with Gasteiger partial charge in [-0.2, -0.15) is 0 Å². The SMILES string of the molecule is O=C1C[C@@H](N(C(=O)c2ccco2)c2ccc(F)cc2)C(=O)N1c1ccc(F)cc1. The maximum atomic E-state index is 13.4. The second-order valence-corrected chi connectivity index (χ2v) is 6.39. The van der Waals surface area contributed by atoms with Gasteiger partial charge in [-0.15, -0.1) is 0 Å². The van der Waals surface area contributed by atoms with Crippen LogP contribution in [0.4, 0.5) is 20.2 Å². The fraction of sp³-hybridized carbons (Fsp3) is 0.0952. The highest BCUT2D eigenvalue weighted by Gasteiger charge is 2.45. The fourth-order valence-corrected chi connectivity index (χ4v) is 3.24. The summed E-state index contributed by atoms with van der Waals surface area (Å²) < 4.78 is 31.7. The van der Waals surface area contributed by atoms with Crippen molar-refractivity contribution in [3.63, 3.8) is 0 Å². The number of carbonyl (C=O) groups is 3. The van der Waals surface area contributed by atoms with Gasteiger partial charge in [0.1, 0.15) is 17.7 Å². The Kier molecular flexibility index (Phi) is 4.67. The molecule has 2 aromatic carbocycles. The van der Waals surface area contributed by atoms with Crippen LogP contribution in [0, 0.1) is 11.6 Å². The number of nitrogens with zero attached hydrogens (tertiary/aromatic N) is 2. The third-order valence-corrected chi connectivity index (χ3v) is 4.57. The van der Waals surface area contributed by atoms with Gasteiger partial charge in [-0.25, -0.2) is 13.7 Å². The van der Waals surface area contributed by atoms with E-state index >= 15 is 0 Å². The Labute approximate surface area is 163 Å². The van der Waals surface area contributed by atoms with Crippen LogP contribution in [0.15, 0.2) is 71.3 Å². The van der Waals surface area contributed by atoms with E-state index < -0.39 is 35.4 Å². The molecule has 6 nitrogen and oxygen atoms in total. The van der Waals surface area contributed by atoms with Crippen LogP contribution in [0.5, 0.6) is 0 Å². The van der Waals surface area contributed by atoms with Gasteiger partial charge in [0.2, 0.25) is 5.91 Å². The number of furan rings is 1. The molecule has 0 N–H and O–H groups in total. The molecular formula is C21H14F2N2O4. The number of carbonyl (C=O) groups excluding carboxylic acids is 3. The number of amides is 3. The molecule has 1 aliphatic heterocycles. The van der Waals surface area contributed by atoms with E-state index in [1.54, 1.807) is 0 Å². The summed E-state index contributed by atoms with van der Waals surface area (Å²) in [4.78, 5) is 40.7. The van der Waals surface area contributed by atoms with E-state index in [2.05, 4.69) is 0 Å². The number of benzene rings is 2. The number of anilines is 2. The average Bonchev–Trinajstić information content (AvgIpc) is 3.34. The molecule has 0 aliphatic carbocycles. The van der Waals surface area contributed by atoms with Crippen LogP contribution in [0.3, 0.4) is 0 Å². The minimum atomic E-state index is -1.16. The largest absolute Gasteiger partial charge is 0.459 e. The second-order valence-electron chi connectivity index (χ2n) is 6.39. The molecule has 1 aliphatic rings. The Morgan fingerprint density at radius 3 is 2.17 bits per heavy atom. The lowest BCUT2D eigenvalue weighted by atomic mass is 10.1. The van der Waals surface area contributed by atoms with Crippen LogP contribution in [-0.2, 0) is 9.59 Å². The minimum Gasteiger partial charge on any atom is -0.459 e. The van der Waals surface area contributed by atoms with Crippen molar-refractivity contribution in [1.82, 2.24) is 0 Å². The molecule has 0 saturated carbocycles. The molecule has 8 heteroatoms. The molecule has 146 valence electrons. The highest BCUT2D eigenvalue weighted by Crippen LogP contribution is 2.30. The third-order valence-electron chi connectivity index (χ3n) is 4.57. The number of hydrogen-bond donors (Lipinski definition) is 0. The smallest absolute Gasteiger partial charge is 0.294 e. The summed E-state index contributed by atoms with van der Waals surface area (Å²) in [6.45, 7) is 0. The van der Waals surface area contributed by atoms with E-state index in [9.17, 15) is 23.2 Å². The van der Waals surface area contributed by atoms with E-state index in [1.807, 2.05) is 0 Å². The molecule has 3 aromatic rings. The van der Waals surface area contributed by atoms with E-state index in [1.165, 1.54) is 42.7 Å². The number of imide groups is 1. The van der Waals surface area contributed by atoms with Crippen LogP contribution in [-0.4, -0.2) is 23.8 Å². The topological polar surface area (TPSA) is 70.8 Å². The molecule has 1 saturated heterocycles. The predicted octanol–water partition coefficient (Wildman–Crippen LogP) is 3.54. The van der Waals surface area contributed by atoms with Crippen molar-refractivity contribution >= 4 is 29.1 Å². The van der Waals surface area contributed by atoms with Gasteiger partial charge in [-0.05, 0) is 60.7 Å². The molecule has 29 heavy (non-hydrogen) atoms. The predicted molar refractivity (Wildman–Crippen MR) is 99.2 cm³/mol. The zero-order valence-corrected chi connectivity index (χ0v) is 14.9. The molecule has 0 unspecified atom stereocenters. The van der Waals surface area contributed by atoms with Crippen molar-refractivity contribution in [2.24, 2.45) is 0 Å². The standard InChI is InChI=1S/C21H14F2N2O4/c22-13-3-7-15(8-4-13)24(21(28)18-2-1-11-29-18)17-12-19(26)25(20(17)27)16-9-5-14(23)6-10-16/h1-11,17H,12H2/t17-/m1/s1. The summed E-state index contributed by atoms with van der Waals surface area (Å²) in [6, 6.07) is 11.7. The van der Waals surface area contributed by atoms with Crippen LogP contribution < -0.4 is 9.80 Å². The van der Waals surface area contributed by atoms with E-state index in [0.717, 1.165) is 34.1 Å². The number of rotatable bonds is 4. The maximum absolute atomic E-state index is 13.4. The number of hydrogen-bond acceptors (Lipinski definition) is 4. The highest BCUT2D eigenvalue weighted by atomic mass is 19.1. The van der Waals surface area contributed by atoms with Crippen molar-refractivity contribution in [1.29, 1.82) is 0 Å². The molecule has 0 spiro atoms. The second kappa shape index (κ2) is 7.31. The molecule has 0 bridgehead atoms. The molecule has 4 rings (SSSR count). The first-order chi connectivity index (χ1) is 14.0. The quantitative estimate of drug-likeness (QED) is 0.633. The van der Waals surface area contributed by atoms with Gasteiger partial charge >= 0.3 is 0 Å². The minimum absolute atomic E-state index is 0.0326. The lowest BCUT2D eigenvalue weighted by Gasteiger charge is -2.27. The monoisotopic (exact) mass is 396 g/mol. The average molecular weight is 396 g/mol. The van der Waals surface area contributed by atoms with Crippen molar-refractivity contribution in [3.8, 4) is 0 Å². The van der Waals surface area contributed by atoms with Gasteiger partial charge in [0, 0.05) is 5.69 Å². The molecule has 1 aromatic heterocycles. The summed E-state index contributed by atoms with van der Waals surface area (Å²) >= 11 is 0. The van der Waals surface area contributed by atoms with Gasteiger partial charge in [0.25, 0.3) is 11.8 Å². The lowest BCUT2D eigenvalue weighted by molar-refractivity contribution is -0.121. The Hall–Kier alpha value is -3.81. The van der Waals surface area contributed by atoms with E-state index in [4.69, 9.17) is 4.42 Å². The first-order valence-corrected chi connectivity index (χ1v) is 8.70. The van der Waals surface area contributed by atoms with E-state index in [0.29, 0.717) is 0 Å². The zero-order valence-electron chi connectivity index (χ0n) is 14.9. The molecule has 0 radical (unpaired) electrons. The normalized spacial score (nSPS) is 16.3. The van der Waals surface area contributed by atoms with Crippen LogP contribution in [0.1, 0.15) is 17.0 Å². The molecule has 1 fully saturated rings. The molecule has 3 amide bonds. The molecule has 2 heterocycles. The van der Waals surface area contributed by atoms with Crippen LogP contribution >= 0.6 is 0 Å². The first kappa shape index (κ1) is 18.5. The summed E-state index contributed by atoms with van der Waals surface area (Å²) in [5.74, 6) is -2.88. The highest BCUT2D eigenvalue weighted by molar-refractivity contribution is 6.25. The van der Waals surface area contributed by atoms with Gasteiger partial charge < -0.3 is 4.42 Å². The van der Waals surface area contributed by atoms with Gasteiger partial charge in [0.15, 0.2) is 5.76 Å². The van der Waals surface area contributed by atoms with Crippen molar-refractivity contribution < 1.29 is 27.6 Å². The van der Waals surface area contributed by atoms with Gasteiger partial charge in [-0.3, -0.25) is 19.3 Å². The third kappa shape index (κ3) is 3.40. The van der Waals surface area contributed by atoms with Crippen LogP contribution in [0.2, 0.25) is 0 Å². The maximum Gasteiger partial charge on any atom is 0.294 e. The summed E-state index contributed by atoms with van der Waals surface area (Å²) in [5, 5.41) is 0. The summed E-state index contributed by atoms with van der Waals surface area (Å²) in [6.07, 6.45) is 1.03. The molecule has 1 atom stereocenters. The fourth-order valence-electron chi connectivity index (χ4n) is 3.24. The zero-order chi connectivity index (χ0) is 20.5. The van der Waals surface area contributed by atoms with Gasteiger partial charge in [-0.1, -0.05) is 0 Å². The Balaban J connectivity index is 1.73. The molecular weight excluding hydrogens is 382 g/mol. The van der Waals surface area contributed by atoms with Crippen molar-refractivity contribution in [3.05, 3.63) is 84.3 Å². The Bertz CT molecular complexity index is 1060. The summed E-state index contributed by atoms with van der Waals surface area (Å²) in [7, 11) is 0. The van der Waals surface area contributed by atoms with Crippen molar-refractivity contribution in [2.75, 3.05) is 9.80 Å². The Morgan fingerprint density at radius 1 is 0.966 bits per heavy atom. The Morgan fingerprint density at radius 2 is 1.59 bits per heavy atom. The summed E-state index contributed by atoms with van der Waals surface area (Å²) in [5.41, 5.74) is 0.438. The number of halogens is 2. The lowest BCUT2D eigenvalue weighted by Crippen LogP contribution is -2.45. The van der Waals surface area contributed by atoms with Crippen LogP contribution in [0.25, 0.3) is 0 Å².